The number of aryl methyl sites for hydroxylation is 1. The van der Waals surface area contributed by atoms with Gasteiger partial charge in [0.15, 0.2) is 5.13 Å². The fourth-order valence-electron chi connectivity index (χ4n) is 3.10. The van der Waals surface area contributed by atoms with Gasteiger partial charge in [-0.3, -0.25) is 4.52 Å². The van der Waals surface area contributed by atoms with Gasteiger partial charge in [-0.05, 0) is 48.7 Å². The Morgan fingerprint density at radius 1 is 1.14 bits per heavy atom. The second-order valence-electron chi connectivity index (χ2n) is 7.03. The topological polar surface area (TPSA) is 120 Å². The summed E-state index contributed by atoms with van der Waals surface area (Å²) in [6.07, 6.45) is -6.71. The zero-order chi connectivity index (χ0) is 26.0. The number of phosphoric ester groups is 1. The number of phosphoric acid groups is 1. The van der Waals surface area contributed by atoms with Crippen molar-refractivity contribution in [1.29, 1.82) is 0 Å². The molecule has 0 aliphatic heterocycles. The minimum absolute atomic E-state index is 0.0164. The van der Waals surface area contributed by atoms with Crippen LogP contribution in [0.3, 0.4) is 0 Å². The average molecular weight is 538 g/mol. The summed E-state index contributed by atoms with van der Waals surface area (Å²) in [6.45, 7) is -0.502. The monoisotopic (exact) mass is 538 g/mol. The number of benzene rings is 2. The van der Waals surface area contributed by atoms with Crippen LogP contribution in [0.25, 0.3) is 11.3 Å². The summed E-state index contributed by atoms with van der Waals surface area (Å²) < 4.78 is 82.2. The summed E-state index contributed by atoms with van der Waals surface area (Å²) in [5.41, 5.74) is -1.49. The molecule has 8 nitrogen and oxygen atoms in total. The molecule has 2 aromatic carbocycles. The Bertz CT molecular complexity index is 1280. The van der Waals surface area contributed by atoms with Crippen LogP contribution >= 0.6 is 19.2 Å². The van der Waals surface area contributed by atoms with Crippen molar-refractivity contribution in [3.63, 3.8) is 0 Å². The third-order valence-corrected chi connectivity index (χ3v) is 5.92. The Kier molecular flexibility index (Phi) is 7.92. The van der Waals surface area contributed by atoms with E-state index in [1.54, 1.807) is 0 Å². The predicted octanol–water partition coefficient (Wildman–Crippen LogP) is 5.97. The van der Waals surface area contributed by atoms with Crippen molar-refractivity contribution < 1.29 is 50.7 Å². The van der Waals surface area contributed by atoms with Crippen molar-refractivity contribution in [2.24, 2.45) is 0 Å². The zero-order valence-corrected chi connectivity index (χ0v) is 19.1. The molecule has 0 fully saturated rings. The molecule has 3 rings (SSSR count). The smallest absolute Gasteiger partial charge is 0.464 e. The molecule has 0 unspecified atom stereocenters. The second kappa shape index (κ2) is 10.4. The van der Waals surface area contributed by atoms with E-state index in [0.717, 1.165) is 35.6 Å². The van der Waals surface area contributed by atoms with Crippen molar-refractivity contribution >= 4 is 36.1 Å². The van der Waals surface area contributed by atoms with Crippen LogP contribution in [0.5, 0.6) is 0 Å². The number of amides is 1. The van der Waals surface area contributed by atoms with Crippen LogP contribution in [0, 0.1) is 11.6 Å². The van der Waals surface area contributed by atoms with Gasteiger partial charge in [0.05, 0.1) is 23.6 Å². The highest BCUT2D eigenvalue weighted by molar-refractivity contribution is 7.46. The molecule has 0 spiro atoms. The lowest BCUT2D eigenvalue weighted by Gasteiger charge is -2.21. The minimum Gasteiger partial charge on any atom is -0.464 e. The van der Waals surface area contributed by atoms with E-state index in [1.165, 1.54) is 5.38 Å². The quantitative estimate of drug-likeness (QED) is 0.184. The molecule has 188 valence electrons. The first-order valence-electron chi connectivity index (χ1n) is 9.60. The van der Waals surface area contributed by atoms with Crippen molar-refractivity contribution in [3.05, 3.63) is 64.5 Å². The number of carbonyl (C=O) groups is 1. The van der Waals surface area contributed by atoms with Crippen LogP contribution in [0.4, 0.5) is 37.6 Å². The van der Waals surface area contributed by atoms with Crippen molar-refractivity contribution in [2.45, 2.75) is 19.0 Å². The van der Waals surface area contributed by atoms with Crippen molar-refractivity contribution in [2.75, 3.05) is 11.5 Å². The molecule has 1 amide bonds. The largest absolute Gasteiger partial charge is 0.469 e. The third kappa shape index (κ3) is 6.83. The lowest BCUT2D eigenvalue weighted by molar-refractivity contribution is -0.137. The molecule has 1 aromatic heterocycles. The van der Waals surface area contributed by atoms with Crippen LogP contribution in [-0.4, -0.2) is 32.6 Å². The van der Waals surface area contributed by atoms with E-state index in [-0.39, 0.29) is 40.5 Å². The van der Waals surface area contributed by atoms with Crippen LogP contribution in [-0.2, 0) is 21.7 Å². The number of anilines is 2. The number of nitrogens with zero attached hydrogens (tertiary/aromatic N) is 2. The van der Waals surface area contributed by atoms with E-state index in [0.29, 0.717) is 17.0 Å². The first kappa shape index (κ1) is 26.7. The Balaban J connectivity index is 2.00. The Morgan fingerprint density at radius 2 is 1.86 bits per heavy atom. The number of thiazole rings is 1. The molecular formula is C20H16F5N2O6PS. The zero-order valence-electron chi connectivity index (χ0n) is 17.4. The van der Waals surface area contributed by atoms with E-state index < -0.39 is 43.9 Å². The number of alkyl halides is 3. The van der Waals surface area contributed by atoms with Crippen molar-refractivity contribution in [1.82, 2.24) is 4.98 Å². The molecular weight excluding hydrogens is 522 g/mol. The summed E-state index contributed by atoms with van der Waals surface area (Å²) in [5.74, 6) is -1.77. The maximum absolute atomic E-state index is 14.1. The van der Waals surface area contributed by atoms with E-state index >= 15 is 0 Å². The maximum Gasteiger partial charge on any atom is 0.469 e. The molecule has 0 bridgehead atoms. The molecule has 0 saturated carbocycles. The highest BCUT2D eigenvalue weighted by atomic mass is 32.1. The molecule has 3 aromatic rings. The first-order valence-corrected chi connectivity index (χ1v) is 12.0. The van der Waals surface area contributed by atoms with Gasteiger partial charge in [0.1, 0.15) is 11.6 Å². The van der Waals surface area contributed by atoms with Crippen LogP contribution in [0.1, 0.15) is 17.5 Å². The van der Waals surface area contributed by atoms with Gasteiger partial charge in [-0.1, -0.05) is 0 Å². The number of halogens is 5. The second-order valence-corrected chi connectivity index (χ2v) is 9.10. The van der Waals surface area contributed by atoms with Crippen LogP contribution in [0.15, 0.2) is 41.8 Å². The van der Waals surface area contributed by atoms with Crippen LogP contribution in [0.2, 0.25) is 0 Å². The first-order chi connectivity index (χ1) is 16.3. The SMILES string of the molecule is O=C(O)N(c1nc(-c2ccc(F)cc2F)cs1)c1ccc(C(F)(F)F)cc1CCCOP(=O)(O)O. The molecule has 0 saturated heterocycles. The number of aromatic nitrogens is 1. The van der Waals surface area contributed by atoms with Crippen LogP contribution < -0.4 is 4.90 Å². The lowest BCUT2D eigenvalue weighted by Crippen LogP contribution is -2.25. The summed E-state index contributed by atoms with van der Waals surface area (Å²) in [6, 6.07) is 5.04. The summed E-state index contributed by atoms with van der Waals surface area (Å²) in [7, 11) is -4.80. The van der Waals surface area contributed by atoms with Gasteiger partial charge < -0.3 is 14.9 Å². The highest BCUT2D eigenvalue weighted by Gasteiger charge is 2.32. The molecule has 3 N–H and O–H groups in total. The van der Waals surface area contributed by atoms with Gasteiger partial charge in [0.2, 0.25) is 0 Å². The summed E-state index contributed by atoms with van der Waals surface area (Å²) in [5, 5.41) is 10.9. The van der Waals surface area contributed by atoms with Gasteiger partial charge in [-0.2, -0.15) is 13.2 Å². The number of hydrogen-bond acceptors (Lipinski definition) is 5. The van der Waals surface area contributed by atoms with Gasteiger partial charge in [-0.25, -0.2) is 28.0 Å². The third-order valence-electron chi connectivity index (χ3n) is 4.58. The molecule has 0 radical (unpaired) electrons. The van der Waals surface area contributed by atoms with Gasteiger partial charge >= 0.3 is 20.1 Å². The van der Waals surface area contributed by atoms with Gasteiger partial charge in [0.25, 0.3) is 0 Å². The van der Waals surface area contributed by atoms with Gasteiger partial charge in [-0.15, -0.1) is 11.3 Å². The number of hydrogen-bond donors (Lipinski definition) is 3. The average Bonchev–Trinajstić information content (AvgIpc) is 3.19. The Morgan fingerprint density at radius 3 is 2.46 bits per heavy atom. The fraction of sp³-hybridized carbons (Fsp3) is 0.200. The summed E-state index contributed by atoms with van der Waals surface area (Å²) in [4.78, 5) is 34.3. The van der Waals surface area contributed by atoms with Crippen molar-refractivity contribution in [3.8, 4) is 11.3 Å². The molecule has 1 heterocycles. The van der Waals surface area contributed by atoms with Gasteiger partial charge in [0, 0.05) is 17.0 Å². The molecule has 0 atom stereocenters. The summed E-state index contributed by atoms with van der Waals surface area (Å²) >= 11 is 0.762. The van der Waals surface area contributed by atoms with E-state index in [4.69, 9.17) is 9.79 Å². The number of carboxylic acid groups (broad SMARTS) is 1. The normalized spacial score (nSPS) is 12.1. The molecule has 0 aliphatic carbocycles. The Labute approximate surface area is 198 Å². The maximum atomic E-state index is 14.1. The highest BCUT2D eigenvalue weighted by Crippen LogP contribution is 2.39. The van der Waals surface area contributed by atoms with E-state index in [9.17, 15) is 36.4 Å². The molecule has 15 heteroatoms. The predicted molar refractivity (Wildman–Crippen MR) is 115 cm³/mol. The molecule has 0 aliphatic rings. The number of rotatable bonds is 8. The lowest BCUT2D eigenvalue weighted by atomic mass is 10.0. The Hall–Kier alpha value is -2.90. The minimum atomic E-state index is -4.80. The van der Waals surface area contributed by atoms with E-state index in [2.05, 4.69) is 9.51 Å². The fourth-order valence-corrected chi connectivity index (χ4v) is 4.30. The molecule has 35 heavy (non-hydrogen) atoms. The standard InChI is InChI=1S/C20H16F5N2O6PS/c21-13-4-5-14(15(22)9-13)16-10-35-18(26-16)27(19(28)29)17-6-3-12(20(23,24)25)8-11(17)2-1-7-33-34(30,31)32/h3-6,8-10H,1-2,7H2,(H,28,29)(H2,30,31,32). The van der Waals surface area contributed by atoms with E-state index in [1.807, 2.05) is 0 Å².